The minimum Gasteiger partial charge on any atom is -0.492 e. The van der Waals surface area contributed by atoms with E-state index in [0.717, 1.165) is 6.07 Å². The Morgan fingerprint density at radius 2 is 1.72 bits per heavy atom. The number of ether oxygens (including phenoxy) is 1. The fourth-order valence-electron chi connectivity index (χ4n) is 3.15. The van der Waals surface area contributed by atoms with Gasteiger partial charge in [-0.3, -0.25) is 4.98 Å². The molecule has 2 aromatic carbocycles. The zero-order valence-corrected chi connectivity index (χ0v) is 15.9. The predicted octanol–water partition coefficient (Wildman–Crippen LogP) is 5.08. The summed E-state index contributed by atoms with van der Waals surface area (Å²) in [6, 6.07) is 12.4. The number of rotatable bonds is 5. The van der Waals surface area contributed by atoms with Crippen molar-refractivity contribution in [3.8, 4) is 28.4 Å². The van der Waals surface area contributed by atoms with Gasteiger partial charge in [-0.15, -0.1) is 0 Å². The highest BCUT2D eigenvalue weighted by Gasteiger charge is 2.16. The zero-order valence-electron chi connectivity index (χ0n) is 15.9. The monoisotopic (exact) mass is 392 g/mol. The molecule has 146 valence electrons. The minimum atomic E-state index is -0.645. The van der Waals surface area contributed by atoms with Crippen LogP contribution in [0.1, 0.15) is 6.92 Å². The Labute approximate surface area is 166 Å². The molecule has 0 amide bonds. The smallest absolute Gasteiger partial charge is 0.180 e. The first-order chi connectivity index (χ1) is 14.1. The van der Waals surface area contributed by atoms with Crippen LogP contribution in [0, 0.1) is 11.6 Å². The Hall–Kier alpha value is -3.61. The molecule has 0 unspecified atom stereocenters. The average molecular weight is 392 g/mol. The van der Waals surface area contributed by atoms with Gasteiger partial charge in [-0.05, 0) is 54.4 Å². The normalized spacial score (nSPS) is 10.9. The van der Waals surface area contributed by atoms with Crippen LogP contribution in [0.4, 0.5) is 14.6 Å². The van der Waals surface area contributed by atoms with Crippen molar-refractivity contribution in [3.63, 3.8) is 0 Å². The molecule has 0 aliphatic rings. The molecule has 7 heteroatoms. The van der Waals surface area contributed by atoms with Crippen LogP contribution in [0.2, 0.25) is 0 Å². The first-order valence-electron chi connectivity index (χ1n) is 9.13. The van der Waals surface area contributed by atoms with Crippen LogP contribution in [0.3, 0.4) is 0 Å². The van der Waals surface area contributed by atoms with E-state index < -0.39 is 11.6 Å². The summed E-state index contributed by atoms with van der Waals surface area (Å²) in [6.07, 6.45) is 1.67. The molecule has 0 aliphatic carbocycles. The molecule has 29 heavy (non-hydrogen) atoms. The Balaban J connectivity index is 1.98. The number of nitrogens with one attached hydrogen (secondary N) is 1. The van der Waals surface area contributed by atoms with Gasteiger partial charge in [0, 0.05) is 24.7 Å². The van der Waals surface area contributed by atoms with Gasteiger partial charge >= 0.3 is 0 Å². The van der Waals surface area contributed by atoms with Crippen LogP contribution < -0.4 is 10.1 Å². The van der Waals surface area contributed by atoms with Crippen molar-refractivity contribution < 1.29 is 13.5 Å². The second-order valence-corrected chi connectivity index (χ2v) is 6.32. The lowest BCUT2D eigenvalue weighted by Crippen LogP contribution is -2.02. The SMILES string of the molecule is CCOc1cc(-c2cc(F)cc(F)c2)cc2c(NC)nc(-c3ccccn3)nc12. The zero-order chi connectivity index (χ0) is 20.4. The maximum absolute atomic E-state index is 13.7. The molecule has 0 radical (unpaired) electrons. The van der Waals surface area contributed by atoms with E-state index in [4.69, 9.17) is 4.74 Å². The van der Waals surface area contributed by atoms with E-state index in [1.807, 2.05) is 25.1 Å². The summed E-state index contributed by atoms with van der Waals surface area (Å²) >= 11 is 0. The van der Waals surface area contributed by atoms with Crippen molar-refractivity contribution in [2.75, 3.05) is 19.0 Å². The summed E-state index contributed by atoms with van der Waals surface area (Å²) in [4.78, 5) is 13.5. The van der Waals surface area contributed by atoms with Gasteiger partial charge in [-0.1, -0.05) is 6.07 Å². The number of pyridine rings is 1. The number of aromatic nitrogens is 3. The molecular weight excluding hydrogens is 374 g/mol. The molecule has 0 spiro atoms. The van der Waals surface area contributed by atoms with Crippen molar-refractivity contribution >= 4 is 16.7 Å². The summed E-state index contributed by atoms with van der Waals surface area (Å²) in [5.74, 6) is 0.228. The third kappa shape index (κ3) is 3.71. The van der Waals surface area contributed by atoms with Gasteiger partial charge in [0.15, 0.2) is 5.82 Å². The lowest BCUT2D eigenvalue weighted by Gasteiger charge is -2.14. The molecule has 0 saturated carbocycles. The van der Waals surface area contributed by atoms with Crippen molar-refractivity contribution in [1.29, 1.82) is 0 Å². The van der Waals surface area contributed by atoms with E-state index >= 15 is 0 Å². The van der Waals surface area contributed by atoms with Gasteiger partial charge in [0.2, 0.25) is 0 Å². The number of benzene rings is 2. The Bertz CT molecular complexity index is 1160. The van der Waals surface area contributed by atoms with Crippen LogP contribution >= 0.6 is 0 Å². The predicted molar refractivity (Wildman–Crippen MR) is 109 cm³/mol. The van der Waals surface area contributed by atoms with Crippen molar-refractivity contribution in [2.45, 2.75) is 6.92 Å². The lowest BCUT2D eigenvalue weighted by molar-refractivity contribution is 0.344. The molecule has 0 fully saturated rings. The van der Waals surface area contributed by atoms with Crippen LogP contribution in [-0.2, 0) is 0 Å². The van der Waals surface area contributed by atoms with Gasteiger partial charge < -0.3 is 10.1 Å². The summed E-state index contributed by atoms with van der Waals surface area (Å²) in [7, 11) is 1.75. The highest BCUT2D eigenvalue weighted by molar-refractivity contribution is 5.97. The Kier molecular flexibility index (Phi) is 5.03. The van der Waals surface area contributed by atoms with E-state index in [-0.39, 0.29) is 0 Å². The lowest BCUT2D eigenvalue weighted by atomic mass is 10.0. The topological polar surface area (TPSA) is 59.9 Å². The van der Waals surface area contributed by atoms with E-state index in [1.54, 1.807) is 25.4 Å². The molecule has 0 atom stereocenters. The molecule has 1 N–H and O–H groups in total. The summed E-state index contributed by atoms with van der Waals surface area (Å²) < 4.78 is 33.3. The van der Waals surface area contributed by atoms with Crippen LogP contribution in [0.25, 0.3) is 33.5 Å². The Morgan fingerprint density at radius 1 is 0.966 bits per heavy atom. The first-order valence-corrected chi connectivity index (χ1v) is 9.13. The first kappa shape index (κ1) is 18.7. The molecule has 0 saturated heterocycles. The molecular formula is C22H18F2N4O. The second kappa shape index (κ2) is 7.79. The highest BCUT2D eigenvalue weighted by Crippen LogP contribution is 2.36. The van der Waals surface area contributed by atoms with E-state index in [2.05, 4.69) is 20.3 Å². The molecule has 0 bridgehead atoms. The second-order valence-electron chi connectivity index (χ2n) is 6.32. The van der Waals surface area contributed by atoms with Crippen LogP contribution in [-0.4, -0.2) is 28.6 Å². The minimum absolute atomic E-state index is 0.404. The quantitative estimate of drug-likeness (QED) is 0.513. The number of anilines is 1. The van der Waals surface area contributed by atoms with Crippen LogP contribution in [0.5, 0.6) is 5.75 Å². The maximum Gasteiger partial charge on any atom is 0.180 e. The fourth-order valence-corrected chi connectivity index (χ4v) is 3.15. The van der Waals surface area contributed by atoms with E-state index in [9.17, 15) is 8.78 Å². The summed E-state index contributed by atoms with van der Waals surface area (Å²) in [6.45, 7) is 2.27. The number of nitrogens with zero attached hydrogens (tertiary/aromatic N) is 3. The van der Waals surface area contributed by atoms with E-state index in [1.165, 1.54) is 12.1 Å². The number of hydrogen-bond acceptors (Lipinski definition) is 5. The van der Waals surface area contributed by atoms with Crippen LogP contribution in [0.15, 0.2) is 54.7 Å². The Morgan fingerprint density at radius 3 is 2.38 bits per heavy atom. The third-order valence-corrected chi connectivity index (χ3v) is 4.39. The molecule has 4 rings (SSSR count). The van der Waals surface area contributed by atoms with E-state index in [0.29, 0.717) is 51.7 Å². The largest absolute Gasteiger partial charge is 0.492 e. The molecule has 2 heterocycles. The third-order valence-electron chi connectivity index (χ3n) is 4.39. The van der Waals surface area contributed by atoms with Gasteiger partial charge in [-0.2, -0.15) is 0 Å². The number of halogens is 2. The summed E-state index contributed by atoms with van der Waals surface area (Å²) in [5.41, 5.74) is 2.23. The van der Waals surface area contributed by atoms with Crippen molar-refractivity contribution in [3.05, 3.63) is 66.4 Å². The maximum atomic E-state index is 13.7. The van der Waals surface area contributed by atoms with Gasteiger partial charge in [0.05, 0.1) is 6.61 Å². The highest BCUT2D eigenvalue weighted by atomic mass is 19.1. The van der Waals surface area contributed by atoms with Gasteiger partial charge in [-0.25, -0.2) is 18.7 Å². The average Bonchev–Trinajstić information content (AvgIpc) is 2.73. The van der Waals surface area contributed by atoms with Gasteiger partial charge in [0.25, 0.3) is 0 Å². The van der Waals surface area contributed by atoms with Crippen molar-refractivity contribution in [1.82, 2.24) is 15.0 Å². The van der Waals surface area contributed by atoms with Crippen molar-refractivity contribution in [2.24, 2.45) is 0 Å². The number of fused-ring (bicyclic) bond motifs is 1. The molecule has 0 aliphatic heterocycles. The molecule has 4 aromatic rings. The van der Waals surface area contributed by atoms with Gasteiger partial charge in [0.1, 0.15) is 34.4 Å². The molecule has 5 nitrogen and oxygen atoms in total. The molecule has 2 aromatic heterocycles. The summed E-state index contributed by atoms with van der Waals surface area (Å²) in [5, 5.41) is 3.75. The standard InChI is InChI=1S/C22H18F2N4O/c1-3-29-19-11-14(13-8-15(23)12-16(24)9-13)10-17-20(19)27-22(28-21(17)25-2)18-6-4-5-7-26-18/h4-12H,3H2,1-2H3,(H,25,27,28). The number of hydrogen-bond donors (Lipinski definition) is 1. The fraction of sp³-hybridized carbons (Fsp3) is 0.136.